The SMILES string of the molecule is CCSc1ccccc1C(=O)N(CCN1CCOCC1)c1nc2c(C)ccc(C)c2s1. The minimum atomic E-state index is 0.0270. The molecular formula is C24H29N3O2S2. The Labute approximate surface area is 192 Å². The van der Waals surface area contributed by atoms with Gasteiger partial charge in [-0.1, -0.05) is 42.5 Å². The number of hydrogen-bond acceptors (Lipinski definition) is 6. The smallest absolute Gasteiger partial charge is 0.261 e. The maximum atomic E-state index is 13.8. The number of fused-ring (bicyclic) bond motifs is 1. The fourth-order valence-corrected chi connectivity index (χ4v) is 5.72. The molecule has 2 heterocycles. The van der Waals surface area contributed by atoms with Gasteiger partial charge >= 0.3 is 0 Å². The summed E-state index contributed by atoms with van der Waals surface area (Å²) in [6.07, 6.45) is 0. The Kier molecular flexibility index (Phi) is 7.27. The number of hydrogen-bond donors (Lipinski definition) is 0. The van der Waals surface area contributed by atoms with Gasteiger partial charge in [-0.25, -0.2) is 4.98 Å². The summed E-state index contributed by atoms with van der Waals surface area (Å²) in [4.78, 5) is 24.0. The molecule has 1 amide bonds. The van der Waals surface area contributed by atoms with Gasteiger partial charge in [-0.2, -0.15) is 0 Å². The van der Waals surface area contributed by atoms with Crippen LogP contribution in [-0.2, 0) is 4.74 Å². The Morgan fingerprint density at radius 2 is 1.90 bits per heavy atom. The lowest BCUT2D eigenvalue weighted by Gasteiger charge is -2.29. The van der Waals surface area contributed by atoms with Crippen molar-refractivity contribution in [3.63, 3.8) is 0 Å². The maximum absolute atomic E-state index is 13.8. The van der Waals surface area contributed by atoms with E-state index in [4.69, 9.17) is 9.72 Å². The largest absolute Gasteiger partial charge is 0.379 e. The highest BCUT2D eigenvalue weighted by atomic mass is 32.2. The average Bonchev–Trinajstić information content (AvgIpc) is 3.24. The number of aryl methyl sites for hydroxylation is 2. The highest BCUT2D eigenvalue weighted by Gasteiger charge is 2.25. The zero-order chi connectivity index (χ0) is 21.8. The number of morpholine rings is 1. The van der Waals surface area contributed by atoms with Crippen molar-refractivity contribution in [2.75, 3.05) is 50.0 Å². The zero-order valence-electron chi connectivity index (χ0n) is 18.4. The number of rotatable bonds is 7. The van der Waals surface area contributed by atoms with Gasteiger partial charge in [0.25, 0.3) is 5.91 Å². The topological polar surface area (TPSA) is 45.7 Å². The van der Waals surface area contributed by atoms with Crippen LogP contribution in [0, 0.1) is 13.8 Å². The Morgan fingerprint density at radius 3 is 2.65 bits per heavy atom. The first-order valence-electron chi connectivity index (χ1n) is 10.8. The highest BCUT2D eigenvalue weighted by molar-refractivity contribution is 7.99. The average molecular weight is 456 g/mol. The molecule has 1 aliphatic heterocycles. The minimum Gasteiger partial charge on any atom is -0.379 e. The van der Waals surface area contributed by atoms with Crippen LogP contribution >= 0.6 is 23.1 Å². The number of carbonyl (C=O) groups excluding carboxylic acids is 1. The highest BCUT2D eigenvalue weighted by Crippen LogP contribution is 2.34. The predicted molar refractivity (Wildman–Crippen MR) is 131 cm³/mol. The van der Waals surface area contributed by atoms with Gasteiger partial charge in [0.05, 0.1) is 29.0 Å². The van der Waals surface area contributed by atoms with Gasteiger partial charge in [-0.3, -0.25) is 14.6 Å². The number of aromatic nitrogens is 1. The number of thioether (sulfide) groups is 1. The van der Waals surface area contributed by atoms with Crippen molar-refractivity contribution in [2.45, 2.75) is 25.7 Å². The van der Waals surface area contributed by atoms with Crippen molar-refractivity contribution in [3.05, 3.63) is 53.1 Å². The summed E-state index contributed by atoms with van der Waals surface area (Å²) in [7, 11) is 0. The van der Waals surface area contributed by atoms with Gasteiger partial charge in [0.15, 0.2) is 5.13 Å². The van der Waals surface area contributed by atoms with Crippen LogP contribution < -0.4 is 4.90 Å². The molecule has 0 bridgehead atoms. The van der Waals surface area contributed by atoms with E-state index in [1.165, 1.54) is 5.56 Å². The van der Waals surface area contributed by atoms with Crippen molar-refractivity contribution in [1.82, 2.24) is 9.88 Å². The van der Waals surface area contributed by atoms with Crippen LogP contribution in [0.4, 0.5) is 5.13 Å². The summed E-state index contributed by atoms with van der Waals surface area (Å²) >= 11 is 3.33. The van der Waals surface area contributed by atoms with Crippen LogP contribution in [0.25, 0.3) is 10.2 Å². The van der Waals surface area contributed by atoms with Crippen LogP contribution in [0.5, 0.6) is 0 Å². The van der Waals surface area contributed by atoms with Crippen molar-refractivity contribution in [2.24, 2.45) is 0 Å². The third kappa shape index (κ3) is 4.95. The molecule has 1 aliphatic rings. The molecule has 0 aliphatic carbocycles. The van der Waals surface area contributed by atoms with Crippen LogP contribution in [0.1, 0.15) is 28.4 Å². The van der Waals surface area contributed by atoms with E-state index in [0.29, 0.717) is 6.54 Å². The third-order valence-corrected chi connectivity index (χ3v) is 7.74. The molecule has 31 heavy (non-hydrogen) atoms. The molecular weight excluding hydrogens is 426 g/mol. The number of ether oxygens (including phenoxy) is 1. The van der Waals surface area contributed by atoms with E-state index in [0.717, 1.165) is 70.0 Å². The number of nitrogens with zero attached hydrogens (tertiary/aromatic N) is 3. The summed E-state index contributed by atoms with van der Waals surface area (Å²) in [5, 5.41) is 0.780. The van der Waals surface area contributed by atoms with Gasteiger partial charge in [0.1, 0.15) is 0 Å². The first-order chi connectivity index (χ1) is 15.1. The van der Waals surface area contributed by atoms with Gasteiger partial charge in [0, 0.05) is 31.1 Å². The molecule has 5 nitrogen and oxygen atoms in total. The second-order valence-corrected chi connectivity index (χ2v) is 10.00. The third-order valence-electron chi connectivity index (χ3n) is 5.57. The fourth-order valence-electron chi connectivity index (χ4n) is 3.78. The number of benzene rings is 2. The summed E-state index contributed by atoms with van der Waals surface area (Å²) in [5.41, 5.74) is 4.10. The summed E-state index contributed by atoms with van der Waals surface area (Å²) < 4.78 is 6.64. The van der Waals surface area contributed by atoms with Crippen molar-refractivity contribution in [3.8, 4) is 0 Å². The van der Waals surface area contributed by atoms with Gasteiger partial charge < -0.3 is 4.74 Å². The summed E-state index contributed by atoms with van der Waals surface area (Å²) in [5.74, 6) is 0.955. The standard InChI is InChI=1S/C24H29N3O2S2/c1-4-30-20-8-6-5-7-19(20)23(28)27(12-11-26-13-15-29-16-14-26)24-25-21-17(2)9-10-18(3)22(21)31-24/h5-10H,4,11-16H2,1-3H3. The number of amides is 1. The van der Waals surface area contributed by atoms with E-state index >= 15 is 0 Å². The van der Waals surface area contributed by atoms with E-state index in [1.54, 1.807) is 23.1 Å². The van der Waals surface area contributed by atoms with E-state index in [1.807, 2.05) is 29.2 Å². The molecule has 4 rings (SSSR count). The molecule has 3 aromatic rings. The lowest BCUT2D eigenvalue weighted by Crippen LogP contribution is -2.43. The van der Waals surface area contributed by atoms with E-state index in [9.17, 15) is 4.79 Å². The van der Waals surface area contributed by atoms with Crippen LogP contribution in [0.3, 0.4) is 0 Å². The zero-order valence-corrected chi connectivity index (χ0v) is 20.0. The molecule has 0 unspecified atom stereocenters. The van der Waals surface area contributed by atoms with Crippen LogP contribution in [0.15, 0.2) is 41.3 Å². The van der Waals surface area contributed by atoms with Crippen LogP contribution in [0.2, 0.25) is 0 Å². The molecule has 164 valence electrons. The monoisotopic (exact) mass is 455 g/mol. The summed E-state index contributed by atoms with van der Waals surface area (Å²) in [6, 6.07) is 12.2. The van der Waals surface area contributed by atoms with E-state index < -0.39 is 0 Å². The number of thiazole rings is 1. The lowest BCUT2D eigenvalue weighted by molar-refractivity contribution is 0.0391. The Bertz CT molecular complexity index is 1020. The molecule has 0 radical (unpaired) electrons. The van der Waals surface area contributed by atoms with Crippen molar-refractivity contribution >= 4 is 44.4 Å². The van der Waals surface area contributed by atoms with Crippen LogP contribution in [-0.4, -0.2) is 60.9 Å². The van der Waals surface area contributed by atoms with E-state index in [-0.39, 0.29) is 5.91 Å². The maximum Gasteiger partial charge on any atom is 0.261 e. The molecule has 0 N–H and O–H groups in total. The molecule has 2 aromatic carbocycles. The second kappa shape index (κ2) is 10.1. The first kappa shape index (κ1) is 22.3. The number of anilines is 1. The van der Waals surface area contributed by atoms with E-state index in [2.05, 4.69) is 37.8 Å². The fraction of sp³-hybridized carbons (Fsp3) is 0.417. The Hall–Kier alpha value is -1.93. The molecule has 0 atom stereocenters. The lowest BCUT2D eigenvalue weighted by atomic mass is 10.1. The predicted octanol–water partition coefficient (Wildman–Crippen LogP) is 5.00. The molecule has 0 spiro atoms. The van der Waals surface area contributed by atoms with Gasteiger partial charge in [0.2, 0.25) is 0 Å². The van der Waals surface area contributed by atoms with Crippen molar-refractivity contribution in [1.29, 1.82) is 0 Å². The first-order valence-corrected chi connectivity index (χ1v) is 12.6. The second-order valence-electron chi connectivity index (χ2n) is 7.71. The molecule has 0 saturated carbocycles. The minimum absolute atomic E-state index is 0.0270. The molecule has 1 fully saturated rings. The van der Waals surface area contributed by atoms with Gasteiger partial charge in [-0.05, 0) is 42.9 Å². The Balaban J connectivity index is 1.70. The number of carbonyl (C=O) groups is 1. The quantitative estimate of drug-likeness (QED) is 0.469. The summed E-state index contributed by atoms with van der Waals surface area (Å²) in [6.45, 7) is 11.0. The molecule has 1 aromatic heterocycles. The molecule has 1 saturated heterocycles. The Morgan fingerprint density at radius 1 is 1.16 bits per heavy atom. The molecule has 7 heteroatoms. The van der Waals surface area contributed by atoms with Gasteiger partial charge in [-0.15, -0.1) is 11.8 Å². The normalized spacial score (nSPS) is 14.8. The van der Waals surface area contributed by atoms with Crippen molar-refractivity contribution < 1.29 is 9.53 Å².